The molecule has 0 aliphatic heterocycles. The van der Waals surface area contributed by atoms with Crippen LogP contribution in [0.3, 0.4) is 0 Å². The van der Waals surface area contributed by atoms with E-state index in [1.807, 2.05) is 18.2 Å². The van der Waals surface area contributed by atoms with Gasteiger partial charge in [-0.15, -0.1) is 0 Å². The van der Waals surface area contributed by atoms with Crippen molar-refractivity contribution in [2.24, 2.45) is 0 Å². The lowest BCUT2D eigenvalue weighted by Gasteiger charge is -2.12. The lowest BCUT2D eigenvalue weighted by Crippen LogP contribution is -2.32. The van der Waals surface area contributed by atoms with E-state index in [4.69, 9.17) is 18.9 Å². The molecule has 10 nitrogen and oxygen atoms in total. The van der Waals surface area contributed by atoms with E-state index < -0.39 is 29.1 Å². The van der Waals surface area contributed by atoms with Gasteiger partial charge in [0.15, 0.2) is 18.1 Å². The molecule has 2 rings (SSSR count). The molecule has 0 saturated carbocycles. The Balaban J connectivity index is 1.91. The minimum atomic E-state index is -1.03. The molecule has 0 atom stereocenters. The average Bonchev–Trinajstić information content (AvgIpc) is 2.75. The van der Waals surface area contributed by atoms with Crippen LogP contribution in [-0.2, 0) is 9.53 Å². The lowest BCUT2D eigenvalue weighted by atomic mass is 10.1. The van der Waals surface area contributed by atoms with Gasteiger partial charge < -0.3 is 24.3 Å². The number of nitro groups is 1. The number of hydrogen-bond acceptors (Lipinski definition) is 8. The minimum Gasteiger partial charge on any atom is -0.493 e. The van der Waals surface area contributed by atoms with Crippen LogP contribution in [0.5, 0.6) is 17.2 Å². The number of hydrogen-bond donors (Lipinski definition) is 1. The Hall–Kier alpha value is -3.82. The molecule has 10 heteroatoms. The Bertz CT molecular complexity index is 886. The fourth-order valence-electron chi connectivity index (χ4n) is 2.43. The predicted octanol–water partition coefficient (Wildman–Crippen LogP) is 2.35. The first-order valence-electron chi connectivity index (χ1n) is 9.07. The van der Waals surface area contributed by atoms with E-state index in [0.717, 1.165) is 12.1 Å². The van der Waals surface area contributed by atoms with Gasteiger partial charge in [-0.25, -0.2) is 4.79 Å². The second-order valence-corrected chi connectivity index (χ2v) is 5.80. The third kappa shape index (κ3) is 6.36. The highest BCUT2D eigenvalue weighted by atomic mass is 16.6. The lowest BCUT2D eigenvalue weighted by molar-refractivity contribution is -0.385. The number of nitro benzene ring substituents is 1. The van der Waals surface area contributed by atoms with Gasteiger partial charge in [0.05, 0.1) is 31.3 Å². The number of benzene rings is 2. The predicted molar refractivity (Wildman–Crippen MR) is 106 cm³/mol. The summed E-state index contributed by atoms with van der Waals surface area (Å²) >= 11 is 0. The maximum atomic E-state index is 12.3. The number of nitrogens with zero attached hydrogens (tertiary/aromatic N) is 1. The summed E-state index contributed by atoms with van der Waals surface area (Å²) in [7, 11) is 1.34. The zero-order valence-electron chi connectivity index (χ0n) is 16.6. The molecule has 0 fully saturated rings. The van der Waals surface area contributed by atoms with Crippen LogP contribution in [0.25, 0.3) is 0 Å². The quantitative estimate of drug-likeness (QED) is 0.255. The van der Waals surface area contributed by atoms with Gasteiger partial charge in [-0.3, -0.25) is 14.9 Å². The van der Waals surface area contributed by atoms with Crippen molar-refractivity contribution < 1.29 is 33.5 Å². The number of carbonyl (C=O) groups excluding carboxylic acids is 2. The number of carbonyl (C=O) groups is 2. The van der Waals surface area contributed by atoms with Gasteiger partial charge in [0.1, 0.15) is 17.9 Å². The Kier molecular flexibility index (Phi) is 8.42. The summed E-state index contributed by atoms with van der Waals surface area (Å²) in [4.78, 5) is 34.7. The van der Waals surface area contributed by atoms with Crippen LogP contribution in [0.1, 0.15) is 17.3 Å². The second kappa shape index (κ2) is 11.2. The van der Waals surface area contributed by atoms with Crippen LogP contribution in [-0.4, -0.2) is 50.3 Å². The number of para-hydroxylation sites is 1. The van der Waals surface area contributed by atoms with E-state index in [9.17, 15) is 19.7 Å². The molecule has 160 valence electrons. The monoisotopic (exact) mass is 418 g/mol. The number of nitrogens with one attached hydrogen (secondary N) is 1. The van der Waals surface area contributed by atoms with E-state index in [1.165, 1.54) is 7.11 Å². The first kappa shape index (κ1) is 22.5. The van der Waals surface area contributed by atoms with E-state index >= 15 is 0 Å². The molecule has 0 saturated heterocycles. The van der Waals surface area contributed by atoms with E-state index in [2.05, 4.69) is 5.32 Å². The van der Waals surface area contributed by atoms with Gasteiger partial charge in [0.25, 0.3) is 11.6 Å². The third-order valence-corrected chi connectivity index (χ3v) is 3.77. The fraction of sp³-hybridized carbons (Fsp3) is 0.300. The highest BCUT2D eigenvalue weighted by molar-refractivity contribution is 5.96. The van der Waals surface area contributed by atoms with Crippen molar-refractivity contribution in [2.45, 2.75) is 6.92 Å². The summed E-state index contributed by atoms with van der Waals surface area (Å²) in [6.45, 7) is 1.78. The van der Waals surface area contributed by atoms with Crippen LogP contribution in [0, 0.1) is 10.1 Å². The largest absolute Gasteiger partial charge is 0.493 e. The molecule has 0 radical (unpaired) electrons. The summed E-state index contributed by atoms with van der Waals surface area (Å²) in [5.74, 6) is -0.675. The van der Waals surface area contributed by atoms with Gasteiger partial charge in [-0.05, 0) is 19.1 Å². The first-order valence-corrected chi connectivity index (χ1v) is 9.07. The Labute approximate surface area is 172 Å². The van der Waals surface area contributed by atoms with Crippen LogP contribution >= 0.6 is 0 Å². The molecule has 30 heavy (non-hydrogen) atoms. The van der Waals surface area contributed by atoms with Crippen molar-refractivity contribution >= 4 is 17.6 Å². The third-order valence-electron chi connectivity index (χ3n) is 3.77. The molecule has 0 bridgehead atoms. The van der Waals surface area contributed by atoms with E-state index in [0.29, 0.717) is 5.75 Å². The number of rotatable bonds is 11. The zero-order valence-corrected chi connectivity index (χ0v) is 16.6. The van der Waals surface area contributed by atoms with Crippen molar-refractivity contribution in [1.29, 1.82) is 0 Å². The van der Waals surface area contributed by atoms with Crippen molar-refractivity contribution in [3.63, 3.8) is 0 Å². The van der Waals surface area contributed by atoms with Crippen LogP contribution < -0.4 is 19.5 Å². The standard InChI is InChI=1S/C20H22N2O8/c1-3-28-18-12-16(22(25)26)15(11-17(18)27-2)20(24)30-13-19(23)21-9-10-29-14-7-5-4-6-8-14/h4-8,11-12H,3,9-10,13H2,1-2H3,(H,21,23). The summed E-state index contributed by atoms with van der Waals surface area (Å²) in [6.07, 6.45) is 0. The maximum Gasteiger partial charge on any atom is 0.345 e. The summed E-state index contributed by atoms with van der Waals surface area (Å²) in [5.41, 5.74) is -0.860. The topological polar surface area (TPSA) is 126 Å². The molecule has 2 aromatic rings. The van der Waals surface area contributed by atoms with Gasteiger partial charge >= 0.3 is 5.97 Å². The van der Waals surface area contributed by atoms with Gasteiger partial charge in [0.2, 0.25) is 0 Å². The molecule has 0 aliphatic rings. The number of amides is 1. The molecule has 0 spiro atoms. The number of ether oxygens (including phenoxy) is 4. The first-order chi connectivity index (χ1) is 14.5. The van der Waals surface area contributed by atoms with Crippen LogP contribution in [0.4, 0.5) is 5.69 Å². The zero-order chi connectivity index (χ0) is 21.9. The summed E-state index contributed by atoms with van der Waals surface area (Å²) in [5, 5.41) is 13.8. The smallest absolute Gasteiger partial charge is 0.345 e. The fourth-order valence-corrected chi connectivity index (χ4v) is 2.43. The van der Waals surface area contributed by atoms with Crippen molar-refractivity contribution in [3.05, 3.63) is 58.1 Å². The Morgan fingerprint density at radius 3 is 2.47 bits per heavy atom. The average molecular weight is 418 g/mol. The Morgan fingerprint density at radius 1 is 1.10 bits per heavy atom. The highest BCUT2D eigenvalue weighted by Crippen LogP contribution is 2.35. The SMILES string of the molecule is CCOc1cc([N+](=O)[O-])c(C(=O)OCC(=O)NCCOc2ccccc2)cc1OC. The molecule has 1 N–H and O–H groups in total. The molecule has 0 aliphatic carbocycles. The normalized spacial score (nSPS) is 10.1. The molecular formula is C20H22N2O8. The molecule has 1 amide bonds. The Morgan fingerprint density at radius 2 is 1.83 bits per heavy atom. The highest BCUT2D eigenvalue weighted by Gasteiger charge is 2.26. The summed E-state index contributed by atoms with van der Waals surface area (Å²) in [6, 6.07) is 11.3. The van der Waals surface area contributed by atoms with E-state index in [1.54, 1.807) is 19.1 Å². The molecule has 0 heterocycles. The molecule has 2 aromatic carbocycles. The van der Waals surface area contributed by atoms with Gasteiger partial charge in [-0.1, -0.05) is 18.2 Å². The molecular weight excluding hydrogens is 396 g/mol. The second-order valence-electron chi connectivity index (χ2n) is 5.80. The van der Waals surface area contributed by atoms with E-state index in [-0.39, 0.29) is 36.8 Å². The maximum absolute atomic E-state index is 12.3. The number of methoxy groups -OCH3 is 1. The van der Waals surface area contributed by atoms with Crippen LogP contribution in [0.15, 0.2) is 42.5 Å². The van der Waals surface area contributed by atoms with Gasteiger partial charge in [0, 0.05) is 6.07 Å². The van der Waals surface area contributed by atoms with Crippen LogP contribution in [0.2, 0.25) is 0 Å². The summed E-state index contributed by atoms with van der Waals surface area (Å²) < 4.78 is 20.7. The van der Waals surface area contributed by atoms with Crippen molar-refractivity contribution in [2.75, 3.05) is 33.5 Å². The van der Waals surface area contributed by atoms with Crippen molar-refractivity contribution in [3.8, 4) is 17.2 Å². The molecule has 0 aromatic heterocycles. The van der Waals surface area contributed by atoms with Gasteiger partial charge in [-0.2, -0.15) is 0 Å². The minimum absolute atomic E-state index is 0.124. The van der Waals surface area contributed by atoms with Crippen molar-refractivity contribution in [1.82, 2.24) is 5.32 Å². The molecule has 0 unspecified atom stereocenters. The number of esters is 1.